The fourth-order valence-electron chi connectivity index (χ4n) is 3.03. The van der Waals surface area contributed by atoms with Crippen molar-refractivity contribution >= 4 is 9.84 Å². The molecule has 0 aliphatic heterocycles. The van der Waals surface area contributed by atoms with E-state index in [9.17, 15) is 12.8 Å². The van der Waals surface area contributed by atoms with Crippen LogP contribution >= 0.6 is 0 Å². The van der Waals surface area contributed by atoms with Crippen molar-refractivity contribution in [2.75, 3.05) is 6.54 Å². The van der Waals surface area contributed by atoms with Gasteiger partial charge in [0.15, 0.2) is 9.84 Å². The van der Waals surface area contributed by atoms with Crippen molar-refractivity contribution in [3.8, 4) is 0 Å². The first-order chi connectivity index (χ1) is 10.1. The van der Waals surface area contributed by atoms with Crippen molar-refractivity contribution in [1.29, 1.82) is 0 Å². The molecule has 21 heavy (non-hydrogen) atoms. The van der Waals surface area contributed by atoms with E-state index in [0.29, 0.717) is 6.42 Å². The summed E-state index contributed by atoms with van der Waals surface area (Å²) in [5, 5.41) is 2.93. The first-order valence-electron chi connectivity index (χ1n) is 7.78. The molecule has 5 heteroatoms. The van der Waals surface area contributed by atoms with E-state index in [0.717, 1.165) is 44.7 Å². The van der Waals surface area contributed by atoms with Gasteiger partial charge in [-0.25, -0.2) is 12.8 Å². The summed E-state index contributed by atoms with van der Waals surface area (Å²) in [5.74, 6) is -0.497. The lowest BCUT2D eigenvalue weighted by Crippen LogP contribution is -2.43. The van der Waals surface area contributed by atoms with Crippen LogP contribution in [0.3, 0.4) is 0 Å². The summed E-state index contributed by atoms with van der Waals surface area (Å²) in [6.45, 7) is 2.89. The molecule has 1 fully saturated rings. The van der Waals surface area contributed by atoms with E-state index >= 15 is 0 Å². The highest BCUT2D eigenvalue weighted by atomic mass is 32.2. The maximum atomic E-state index is 13.4. The minimum atomic E-state index is -3.49. The topological polar surface area (TPSA) is 46.2 Å². The van der Waals surface area contributed by atoms with Gasteiger partial charge in [-0.3, -0.25) is 0 Å². The van der Waals surface area contributed by atoms with Crippen LogP contribution in [-0.2, 0) is 9.84 Å². The summed E-state index contributed by atoms with van der Waals surface area (Å²) in [6.07, 6.45) is 5.54. The molecule has 1 aromatic rings. The molecule has 0 saturated heterocycles. The second-order valence-electron chi connectivity index (χ2n) is 5.74. The number of sulfone groups is 1. The van der Waals surface area contributed by atoms with E-state index < -0.39 is 20.9 Å². The monoisotopic (exact) mass is 313 g/mol. The van der Waals surface area contributed by atoms with Gasteiger partial charge in [0, 0.05) is 6.04 Å². The summed E-state index contributed by atoms with van der Waals surface area (Å²) < 4.78 is 39.1. The van der Waals surface area contributed by atoms with Crippen molar-refractivity contribution in [2.45, 2.75) is 61.6 Å². The summed E-state index contributed by atoms with van der Waals surface area (Å²) in [4.78, 5) is 0.109. The third kappa shape index (κ3) is 4.04. The fraction of sp³-hybridized carbons (Fsp3) is 0.625. The summed E-state index contributed by atoms with van der Waals surface area (Å²) in [6, 6.07) is 5.35. The Balaban J connectivity index is 2.29. The Bertz CT molecular complexity index is 559. The number of halogens is 1. The van der Waals surface area contributed by atoms with Gasteiger partial charge in [0.1, 0.15) is 5.82 Å². The average molecular weight is 313 g/mol. The molecule has 1 aliphatic carbocycles. The van der Waals surface area contributed by atoms with Crippen LogP contribution < -0.4 is 5.32 Å². The fourth-order valence-corrected chi connectivity index (χ4v) is 5.06. The van der Waals surface area contributed by atoms with Crippen molar-refractivity contribution < 1.29 is 12.8 Å². The van der Waals surface area contributed by atoms with Crippen LogP contribution in [0.15, 0.2) is 29.2 Å². The standard InChI is InChI=1S/C16H24FNO2S/c1-2-11-18-15-9-4-3-5-10-16(15)21(19,20)14-8-6-7-13(17)12-14/h6-8,12,15-16,18H,2-5,9-11H2,1H3. The Labute approximate surface area is 126 Å². The number of rotatable bonds is 5. The molecular formula is C16H24FNO2S. The second-order valence-corrected chi connectivity index (χ2v) is 7.91. The lowest BCUT2D eigenvalue weighted by molar-refractivity contribution is 0.450. The van der Waals surface area contributed by atoms with Crippen LogP contribution in [-0.4, -0.2) is 26.3 Å². The van der Waals surface area contributed by atoms with E-state index in [1.165, 1.54) is 18.2 Å². The van der Waals surface area contributed by atoms with Gasteiger partial charge in [0.05, 0.1) is 10.1 Å². The van der Waals surface area contributed by atoms with Crippen molar-refractivity contribution in [3.63, 3.8) is 0 Å². The van der Waals surface area contributed by atoms with Crippen LogP contribution in [0.5, 0.6) is 0 Å². The van der Waals surface area contributed by atoms with Gasteiger partial charge in [0.25, 0.3) is 0 Å². The molecule has 2 unspecified atom stereocenters. The van der Waals surface area contributed by atoms with Crippen molar-refractivity contribution in [2.24, 2.45) is 0 Å². The van der Waals surface area contributed by atoms with Crippen LogP contribution in [0.4, 0.5) is 4.39 Å². The molecular weight excluding hydrogens is 289 g/mol. The molecule has 118 valence electrons. The first kappa shape index (κ1) is 16.4. The molecule has 1 aromatic carbocycles. The smallest absolute Gasteiger partial charge is 0.182 e. The first-order valence-corrected chi connectivity index (χ1v) is 9.33. The van der Waals surface area contributed by atoms with Gasteiger partial charge >= 0.3 is 0 Å². The zero-order valence-corrected chi connectivity index (χ0v) is 13.3. The Morgan fingerprint density at radius 2 is 2.00 bits per heavy atom. The summed E-state index contributed by atoms with van der Waals surface area (Å²) in [5.41, 5.74) is 0. The third-order valence-electron chi connectivity index (χ3n) is 4.13. The molecule has 0 bridgehead atoms. The summed E-state index contributed by atoms with van der Waals surface area (Å²) >= 11 is 0. The van der Waals surface area contributed by atoms with E-state index in [-0.39, 0.29) is 10.9 Å². The van der Waals surface area contributed by atoms with Crippen LogP contribution in [0.2, 0.25) is 0 Å². The van der Waals surface area contributed by atoms with E-state index in [2.05, 4.69) is 12.2 Å². The second kappa shape index (κ2) is 7.36. The molecule has 1 aliphatic rings. The lowest BCUT2D eigenvalue weighted by atomic mass is 10.1. The Morgan fingerprint density at radius 1 is 1.24 bits per heavy atom. The van der Waals surface area contributed by atoms with Gasteiger partial charge in [-0.15, -0.1) is 0 Å². The van der Waals surface area contributed by atoms with Gasteiger partial charge in [0.2, 0.25) is 0 Å². The highest BCUT2D eigenvalue weighted by Crippen LogP contribution is 2.28. The minimum Gasteiger partial charge on any atom is -0.313 e. The molecule has 2 atom stereocenters. The number of hydrogen-bond acceptors (Lipinski definition) is 3. The molecule has 1 N–H and O–H groups in total. The minimum absolute atomic E-state index is 0.0271. The van der Waals surface area contributed by atoms with Gasteiger partial charge in [-0.05, 0) is 44.0 Å². The quantitative estimate of drug-likeness (QED) is 0.848. The zero-order chi connectivity index (χ0) is 15.3. The highest BCUT2D eigenvalue weighted by Gasteiger charge is 2.35. The van der Waals surface area contributed by atoms with Crippen LogP contribution in [0, 0.1) is 5.82 Å². The Kier molecular flexibility index (Phi) is 5.76. The van der Waals surface area contributed by atoms with Crippen molar-refractivity contribution in [1.82, 2.24) is 5.32 Å². The zero-order valence-electron chi connectivity index (χ0n) is 12.5. The van der Waals surface area contributed by atoms with E-state index in [4.69, 9.17) is 0 Å². The highest BCUT2D eigenvalue weighted by molar-refractivity contribution is 7.92. The molecule has 0 aromatic heterocycles. The van der Waals surface area contributed by atoms with Crippen LogP contribution in [0.25, 0.3) is 0 Å². The van der Waals surface area contributed by atoms with Gasteiger partial charge < -0.3 is 5.32 Å². The normalized spacial score (nSPS) is 23.7. The predicted octanol–water partition coefficient (Wildman–Crippen LogP) is 3.30. The van der Waals surface area contributed by atoms with Gasteiger partial charge in [-0.2, -0.15) is 0 Å². The van der Waals surface area contributed by atoms with Crippen molar-refractivity contribution in [3.05, 3.63) is 30.1 Å². The van der Waals surface area contributed by atoms with E-state index in [1.807, 2.05) is 0 Å². The molecule has 0 heterocycles. The molecule has 2 rings (SSSR count). The largest absolute Gasteiger partial charge is 0.313 e. The number of nitrogens with one attached hydrogen (secondary N) is 1. The maximum absolute atomic E-state index is 13.4. The summed E-state index contributed by atoms with van der Waals surface area (Å²) in [7, 11) is -3.49. The lowest BCUT2D eigenvalue weighted by Gasteiger charge is -2.26. The number of hydrogen-bond donors (Lipinski definition) is 1. The Morgan fingerprint density at radius 3 is 2.71 bits per heavy atom. The molecule has 0 radical (unpaired) electrons. The average Bonchev–Trinajstić information content (AvgIpc) is 2.71. The Hall–Kier alpha value is -0.940. The third-order valence-corrected chi connectivity index (χ3v) is 6.40. The van der Waals surface area contributed by atoms with Crippen LogP contribution in [0.1, 0.15) is 45.4 Å². The maximum Gasteiger partial charge on any atom is 0.182 e. The molecule has 1 saturated carbocycles. The SMILES string of the molecule is CCCNC1CCCCCC1S(=O)(=O)c1cccc(F)c1. The predicted molar refractivity (Wildman–Crippen MR) is 82.5 cm³/mol. The molecule has 0 amide bonds. The van der Waals surface area contributed by atoms with E-state index in [1.54, 1.807) is 0 Å². The van der Waals surface area contributed by atoms with Gasteiger partial charge in [-0.1, -0.05) is 32.3 Å². The number of benzene rings is 1. The molecule has 0 spiro atoms. The molecule has 3 nitrogen and oxygen atoms in total.